The third kappa shape index (κ3) is 3.76. The van der Waals surface area contributed by atoms with Gasteiger partial charge >= 0.3 is 0 Å². The molecule has 0 saturated heterocycles. The summed E-state index contributed by atoms with van der Waals surface area (Å²) in [4.78, 5) is 31.9. The van der Waals surface area contributed by atoms with Crippen molar-refractivity contribution >= 4 is 56.0 Å². The molecule has 11 heteroatoms. The molecule has 2 aromatic carbocycles. The Labute approximate surface area is 190 Å². The molecule has 0 spiro atoms. The number of carbonyl (C=O) groups excluding carboxylic acids is 2. The van der Waals surface area contributed by atoms with Gasteiger partial charge in [0.25, 0.3) is 0 Å². The molecule has 0 aliphatic carbocycles. The number of fused-ring (bicyclic) bond motifs is 2. The molecule has 0 bridgehead atoms. The van der Waals surface area contributed by atoms with E-state index in [-0.39, 0.29) is 22.5 Å². The van der Waals surface area contributed by atoms with Gasteiger partial charge in [-0.15, -0.1) is 0 Å². The smallest absolute Gasteiger partial charge is 0.250 e. The van der Waals surface area contributed by atoms with Gasteiger partial charge in [0.1, 0.15) is 5.54 Å². The Bertz CT molecular complexity index is 1350. The molecule has 9 nitrogen and oxygen atoms in total. The molecule has 2 amide bonds. The molecule has 0 atom stereocenters. The minimum absolute atomic E-state index is 0.0175. The van der Waals surface area contributed by atoms with E-state index >= 15 is 0 Å². The molecule has 3 aromatic rings. The molecule has 4 rings (SSSR count). The van der Waals surface area contributed by atoms with Crippen LogP contribution in [0.4, 0.5) is 11.4 Å². The quantitative estimate of drug-likeness (QED) is 0.548. The summed E-state index contributed by atoms with van der Waals surface area (Å²) in [5, 5.41) is 8.66. The highest BCUT2D eigenvalue weighted by molar-refractivity contribution is 7.99. The molecular formula is C21H23N5O4S2. The second kappa shape index (κ2) is 7.91. The van der Waals surface area contributed by atoms with E-state index in [2.05, 4.69) is 10.3 Å². The normalized spacial score (nSPS) is 15.5. The average molecular weight is 474 g/mol. The number of aryl methyl sites for hydroxylation is 1. The van der Waals surface area contributed by atoms with E-state index in [0.717, 1.165) is 5.52 Å². The lowest BCUT2D eigenvalue weighted by molar-refractivity contribution is -0.125. The Morgan fingerprint density at radius 1 is 1.22 bits per heavy atom. The highest BCUT2D eigenvalue weighted by atomic mass is 32.2. The second-order valence-electron chi connectivity index (χ2n) is 7.88. The second-order valence-corrected chi connectivity index (χ2v) is 10.4. The van der Waals surface area contributed by atoms with E-state index in [1.165, 1.54) is 28.8 Å². The first-order valence-corrected chi connectivity index (χ1v) is 12.5. The van der Waals surface area contributed by atoms with Crippen molar-refractivity contribution in [1.29, 1.82) is 0 Å². The number of imidazole rings is 1. The van der Waals surface area contributed by atoms with Crippen LogP contribution in [0, 0.1) is 0 Å². The monoisotopic (exact) mass is 473 g/mol. The predicted molar refractivity (Wildman–Crippen MR) is 124 cm³/mol. The van der Waals surface area contributed by atoms with Crippen molar-refractivity contribution in [2.24, 2.45) is 5.14 Å². The van der Waals surface area contributed by atoms with Crippen molar-refractivity contribution in [2.75, 3.05) is 16.0 Å². The van der Waals surface area contributed by atoms with Crippen molar-refractivity contribution in [2.45, 2.75) is 42.9 Å². The van der Waals surface area contributed by atoms with Crippen LogP contribution in [-0.4, -0.2) is 41.1 Å². The van der Waals surface area contributed by atoms with Gasteiger partial charge < -0.3 is 9.88 Å². The molecule has 0 radical (unpaired) electrons. The third-order valence-electron chi connectivity index (χ3n) is 5.41. The van der Waals surface area contributed by atoms with Crippen molar-refractivity contribution < 1.29 is 18.0 Å². The first kappa shape index (κ1) is 22.3. The highest BCUT2D eigenvalue weighted by Gasteiger charge is 2.43. The van der Waals surface area contributed by atoms with Crippen molar-refractivity contribution in [3.05, 3.63) is 42.5 Å². The van der Waals surface area contributed by atoms with Gasteiger partial charge in [0.15, 0.2) is 5.16 Å². The van der Waals surface area contributed by atoms with E-state index in [1.54, 1.807) is 38.1 Å². The van der Waals surface area contributed by atoms with Crippen molar-refractivity contribution in [1.82, 2.24) is 9.55 Å². The number of thioether (sulfide) groups is 1. The number of benzene rings is 2. The maximum atomic E-state index is 13.3. The van der Waals surface area contributed by atoms with E-state index < -0.39 is 15.6 Å². The van der Waals surface area contributed by atoms with Gasteiger partial charge in [-0.25, -0.2) is 18.5 Å². The average Bonchev–Trinajstić information content (AvgIpc) is 3.08. The van der Waals surface area contributed by atoms with Crippen molar-refractivity contribution in [3.8, 4) is 0 Å². The van der Waals surface area contributed by atoms with Crippen LogP contribution in [0.5, 0.6) is 0 Å². The standard InChI is InChI=1S/C21H23N5O4S2/c1-4-25-16-10-9-13(32(22,29)30)11-15(16)24-20(25)31-12-18(27)26-17-8-6-5-7-14(17)23-19(28)21(26,2)3/h5-11H,4,12H2,1-3H3,(H,23,28)(H2,22,29,30). The number of primary sulfonamides is 1. The first-order chi connectivity index (χ1) is 15.0. The van der Waals surface area contributed by atoms with Gasteiger partial charge in [-0.3, -0.25) is 14.5 Å². The molecule has 1 aliphatic heterocycles. The molecule has 1 aliphatic rings. The summed E-state index contributed by atoms with van der Waals surface area (Å²) in [5.74, 6) is -0.441. The maximum absolute atomic E-state index is 13.3. The number of sulfonamides is 1. The number of nitrogens with zero attached hydrogens (tertiary/aromatic N) is 3. The third-order valence-corrected chi connectivity index (χ3v) is 7.28. The van der Waals surface area contributed by atoms with Gasteiger partial charge in [0.05, 0.1) is 33.1 Å². The summed E-state index contributed by atoms with van der Waals surface area (Å²) >= 11 is 1.24. The number of carbonyl (C=O) groups is 2. The number of hydrogen-bond acceptors (Lipinski definition) is 6. The van der Waals surface area contributed by atoms with Crippen LogP contribution in [0.15, 0.2) is 52.5 Å². The molecule has 168 valence electrons. The molecule has 3 N–H and O–H groups in total. The minimum Gasteiger partial charge on any atom is -0.322 e. The van der Waals surface area contributed by atoms with Crippen LogP contribution < -0.4 is 15.4 Å². The number of aromatic nitrogens is 2. The topological polar surface area (TPSA) is 127 Å². The molecule has 1 aromatic heterocycles. The molecular weight excluding hydrogens is 450 g/mol. The van der Waals surface area contributed by atoms with Crippen molar-refractivity contribution in [3.63, 3.8) is 0 Å². The summed E-state index contributed by atoms with van der Waals surface area (Å²) in [5.41, 5.74) is 1.41. The Morgan fingerprint density at radius 2 is 1.94 bits per heavy atom. The number of para-hydroxylation sites is 2. The molecule has 0 saturated carbocycles. The largest absolute Gasteiger partial charge is 0.322 e. The van der Waals surface area contributed by atoms with Gasteiger partial charge in [-0.05, 0) is 51.1 Å². The number of nitrogens with two attached hydrogens (primary N) is 1. The summed E-state index contributed by atoms with van der Waals surface area (Å²) in [6.07, 6.45) is 0. The maximum Gasteiger partial charge on any atom is 0.250 e. The minimum atomic E-state index is -3.85. The number of amides is 2. The van der Waals surface area contributed by atoms with E-state index in [9.17, 15) is 18.0 Å². The van der Waals surface area contributed by atoms with E-state index in [4.69, 9.17) is 5.14 Å². The van der Waals surface area contributed by atoms with Crippen LogP contribution in [0.2, 0.25) is 0 Å². The van der Waals surface area contributed by atoms with Crippen LogP contribution in [0.25, 0.3) is 11.0 Å². The van der Waals surface area contributed by atoms with Gasteiger partial charge in [0.2, 0.25) is 21.8 Å². The summed E-state index contributed by atoms with van der Waals surface area (Å²) in [6.45, 7) is 5.94. The lowest BCUT2D eigenvalue weighted by atomic mass is 9.96. The molecule has 32 heavy (non-hydrogen) atoms. The predicted octanol–water partition coefficient (Wildman–Crippen LogP) is 2.56. The number of hydrogen-bond donors (Lipinski definition) is 2. The first-order valence-electron chi connectivity index (χ1n) is 9.93. The molecule has 0 unspecified atom stereocenters. The fraction of sp³-hybridized carbons (Fsp3) is 0.286. The van der Waals surface area contributed by atoms with E-state index in [0.29, 0.717) is 28.6 Å². The zero-order chi connectivity index (χ0) is 23.3. The SMILES string of the molecule is CCn1c(SCC(=O)N2c3ccccc3NC(=O)C2(C)C)nc2cc(S(N)(=O)=O)ccc21. The van der Waals surface area contributed by atoms with Gasteiger partial charge in [-0.2, -0.15) is 0 Å². The van der Waals surface area contributed by atoms with Gasteiger partial charge in [0, 0.05) is 6.54 Å². The molecule has 2 heterocycles. The van der Waals surface area contributed by atoms with Crippen LogP contribution >= 0.6 is 11.8 Å². The zero-order valence-electron chi connectivity index (χ0n) is 17.8. The molecule has 0 fully saturated rings. The van der Waals surface area contributed by atoms with Crippen LogP contribution in [-0.2, 0) is 26.2 Å². The lowest BCUT2D eigenvalue weighted by Gasteiger charge is -2.42. The van der Waals surface area contributed by atoms with E-state index in [1.807, 2.05) is 17.6 Å². The highest BCUT2D eigenvalue weighted by Crippen LogP contribution is 2.37. The fourth-order valence-electron chi connectivity index (χ4n) is 3.77. The summed E-state index contributed by atoms with van der Waals surface area (Å²) < 4.78 is 25.2. The Morgan fingerprint density at radius 3 is 2.62 bits per heavy atom. The fourth-order valence-corrected chi connectivity index (χ4v) is 5.23. The van der Waals surface area contributed by atoms with Crippen LogP contribution in [0.1, 0.15) is 20.8 Å². The Kier molecular flexibility index (Phi) is 5.51. The van der Waals surface area contributed by atoms with Crippen LogP contribution in [0.3, 0.4) is 0 Å². The Hall–Kier alpha value is -2.89. The number of anilines is 2. The van der Waals surface area contributed by atoms with Gasteiger partial charge in [-0.1, -0.05) is 23.9 Å². The number of rotatable bonds is 5. The summed E-state index contributed by atoms with van der Waals surface area (Å²) in [7, 11) is -3.85. The zero-order valence-corrected chi connectivity index (χ0v) is 19.5. The lowest BCUT2D eigenvalue weighted by Crippen LogP contribution is -2.59. The number of nitrogens with one attached hydrogen (secondary N) is 1. The summed E-state index contributed by atoms with van der Waals surface area (Å²) in [6, 6.07) is 11.7. The Balaban J connectivity index is 1.65.